The van der Waals surface area contributed by atoms with Crippen molar-refractivity contribution >= 4 is 39.2 Å². The third kappa shape index (κ3) is 4.04. The number of carbonyl (C=O) groups is 1. The number of rotatable bonds is 6. The van der Waals surface area contributed by atoms with Gasteiger partial charge in [-0.2, -0.15) is 0 Å². The van der Waals surface area contributed by atoms with Crippen LogP contribution in [0.25, 0.3) is 10.2 Å². The highest BCUT2D eigenvalue weighted by Crippen LogP contribution is 2.34. The number of fused-ring (bicyclic) bond motifs is 2. The zero-order chi connectivity index (χ0) is 18.6. The van der Waals surface area contributed by atoms with E-state index in [1.54, 1.807) is 11.3 Å². The van der Waals surface area contributed by atoms with E-state index in [2.05, 4.69) is 11.1 Å². The van der Waals surface area contributed by atoms with E-state index in [-0.39, 0.29) is 5.91 Å². The quantitative estimate of drug-likeness (QED) is 0.580. The maximum atomic E-state index is 12.7. The summed E-state index contributed by atoms with van der Waals surface area (Å²) in [6.45, 7) is 4.25. The normalized spacial score (nSPS) is 12.9. The fourth-order valence-electron chi connectivity index (χ4n) is 2.97. The van der Waals surface area contributed by atoms with Gasteiger partial charge in [0.05, 0.1) is 16.0 Å². The van der Waals surface area contributed by atoms with Crippen molar-refractivity contribution in [1.82, 2.24) is 9.88 Å². The summed E-state index contributed by atoms with van der Waals surface area (Å²) < 4.78 is 13.5. The first-order valence-electron chi connectivity index (χ1n) is 8.88. The highest BCUT2D eigenvalue weighted by atomic mass is 32.2. The number of hydrogen-bond donors (Lipinski definition) is 0. The Morgan fingerprint density at radius 1 is 1.19 bits per heavy atom. The predicted octanol–water partition coefficient (Wildman–Crippen LogP) is 4.21. The van der Waals surface area contributed by atoms with Crippen LogP contribution in [0.5, 0.6) is 11.5 Å². The van der Waals surface area contributed by atoms with E-state index in [9.17, 15) is 4.79 Å². The monoisotopic (exact) mass is 400 g/mol. The Balaban J connectivity index is 1.42. The number of amides is 1. The lowest BCUT2D eigenvalue weighted by molar-refractivity contribution is -0.128. The Bertz CT molecular complexity index is 924. The Labute approximate surface area is 166 Å². The molecule has 2 heterocycles. The summed E-state index contributed by atoms with van der Waals surface area (Å²) in [6, 6.07) is 13.9. The highest BCUT2D eigenvalue weighted by molar-refractivity contribution is 8.01. The number of carbonyl (C=O) groups excluding carboxylic acids is 1. The second-order valence-electron chi connectivity index (χ2n) is 6.09. The number of aromatic nitrogens is 1. The molecule has 0 radical (unpaired) electrons. The van der Waals surface area contributed by atoms with E-state index in [0.717, 1.165) is 31.6 Å². The van der Waals surface area contributed by atoms with Crippen molar-refractivity contribution in [3.63, 3.8) is 0 Å². The smallest absolute Gasteiger partial charge is 0.233 e. The Morgan fingerprint density at radius 3 is 2.89 bits per heavy atom. The molecule has 140 valence electrons. The molecular weight excluding hydrogens is 380 g/mol. The first-order chi connectivity index (χ1) is 13.2. The van der Waals surface area contributed by atoms with Crippen LogP contribution in [0.15, 0.2) is 46.8 Å². The van der Waals surface area contributed by atoms with Gasteiger partial charge in [-0.3, -0.25) is 4.79 Å². The van der Waals surface area contributed by atoms with Crippen LogP contribution >= 0.6 is 23.1 Å². The van der Waals surface area contributed by atoms with E-state index in [1.165, 1.54) is 11.8 Å². The van der Waals surface area contributed by atoms with Crippen molar-refractivity contribution in [2.45, 2.75) is 17.8 Å². The largest absolute Gasteiger partial charge is 0.486 e. The SMILES string of the molecule is CCN(Cc1cccc2c1OCCO2)C(=O)CSc1nc2ccccc2s1. The van der Waals surface area contributed by atoms with Crippen molar-refractivity contribution in [1.29, 1.82) is 0 Å². The molecule has 1 amide bonds. The van der Waals surface area contributed by atoms with Crippen molar-refractivity contribution in [2.75, 3.05) is 25.5 Å². The number of ether oxygens (including phenoxy) is 2. The van der Waals surface area contributed by atoms with Gasteiger partial charge in [-0.25, -0.2) is 4.98 Å². The molecule has 0 aliphatic carbocycles. The zero-order valence-corrected chi connectivity index (χ0v) is 16.6. The first kappa shape index (κ1) is 18.1. The fraction of sp³-hybridized carbons (Fsp3) is 0.300. The van der Waals surface area contributed by atoms with Crippen LogP contribution < -0.4 is 9.47 Å². The molecule has 0 saturated carbocycles. The second-order valence-corrected chi connectivity index (χ2v) is 8.34. The maximum absolute atomic E-state index is 12.7. The van der Waals surface area contributed by atoms with E-state index in [1.807, 2.05) is 48.2 Å². The lowest BCUT2D eigenvalue weighted by Gasteiger charge is -2.25. The molecule has 0 unspecified atom stereocenters. The molecule has 1 aliphatic heterocycles. The van der Waals surface area contributed by atoms with Crippen LogP contribution in [0, 0.1) is 0 Å². The summed E-state index contributed by atoms with van der Waals surface area (Å²) in [7, 11) is 0. The molecule has 0 N–H and O–H groups in total. The number of thiazole rings is 1. The molecule has 4 rings (SSSR count). The molecule has 0 fully saturated rings. The Kier molecular flexibility index (Phi) is 5.50. The minimum atomic E-state index is 0.0936. The molecule has 3 aromatic rings. The lowest BCUT2D eigenvalue weighted by Crippen LogP contribution is -2.32. The summed E-state index contributed by atoms with van der Waals surface area (Å²) in [5.74, 6) is 1.98. The van der Waals surface area contributed by atoms with Gasteiger partial charge >= 0.3 is 0 Å². The lowest BCUT2D eigenvalue weighted by atomic mass is 10.1. The predicted molar refractivity (Wildman–Crippen MR) is 109 cm³/mol. The van der Waals surface area contributed by atoms with Gasteiger partial charge in [0.2, 0.25) is 5.91 Å². The van der Waals surface area contributed by atoms with E-state index in [0.29, 0.717) is 32.1 Å². The first-order valence-corrected chi connectivity index (χ1v) is 10.7. The molecule has 2 aromatic carbocycles. The molecule has 1 aromatic heterocycles. The van der Waals surface area contributed by atoms with Crippen LogP contribution in [-0.2, 0) is 11.3 Å². The number of thioether (sulfide) groups is 1. The van der Waals surface area contributed by atoms with Crippen LogP contribution in [0.1, 0.15) is 12.5 Å². The third-order valence-electron chi connectivity index (χ3n) is 4.34. The summed E-state index contributed by atoms with van der Waals surface area (Å²) in [5.41, 5.74) is 1.96. The minimum absolute atomic E-state index is 0.0936. The highest BCUT2D eigenvalue weighted by Gasteiger charge is 2.20. The van der Waals surface area contributed by atoms with Crippen LogP contribution in [0.3, 0.4) is 0 Å². The molecular formula is C20H20N2O3S2. The number of benzene rings is 2. The zero-order valence-electron chi connectivity index (χ0n) is 15.0. The molecule has 7 heteroatoms. The molecule has 0 saturated heterocycles. The van der Waals surface area contributed by atoms with E-state index < -0.39 is 0 Å². The summed E-state index contributed by atoms with van der Waals surface area (Å²) in [5, 5.41) is 0. The fourth-order valence-corrected chi connectivity index (χ4v) is 4.94. The molecule has 5 nitrogen and oxygen atoms in total. The number of para-hydroxylation sites is 2. The number of hydrogen-bond acceptors (Lipinski definition) is 6. The van der Waals surface area contributed by atoms with Gasteiger partial charge in [-0.1, -0.05) is 36.0 Å². The average Bonchev–Trinajstić information content (AvgIpc) is 3.13. The average molecular weight is 401 g/mol. The summed E-state index contributed by atoms with van der Waals surface area (Å²) in [4.78, 5) is 19.2. The van der Waals surface area contributed by atoms with Crippen LogP contribution in [0.2, 0.25) is 0 Å². The Morgan fingerprint density at radius 2 is 2.04 bits per heavy atom. The van der Waals surface area contributed by atoms with Gasteiger partial charge in [0.1, 0.15) is 13.2 Å². The van der Waals surface area contributed by atoms with Gasteiger partial charge < -0.3 is 14.4 Å². The third-order valence-corrected chi connectivity index (χ3v) is 6.50. The van der Waals surface area contributed by atoms with Gasteiger partial charge in [0.15, 0.2) is 15.8 Å². The van der Waals surface area contributed by atoms with E-state index >= 15 is 0 Å². The van der Waals surface area contributed by atoms with Crippen molar-refractivity contribution < 1.29 is 14.3 Å². The van der Waals surface area contributed by atoms with Crippen molar-refractivity contribution in [3.05, 3.63) is 48.0 Å². The van der Waals surface area contributed by atoms with Gasteiger partial charge in [0, 0.05) is 18.7 Å². The number of nitrogens with zero attached hydrogens (tertiary/aromatic N) is 2. The van der Waals surface area contributed by atoms with Gasteiger partial charge in [0.25, 0.3) is 0 Å². The maximum Gasteiger partial charge on any atom is 0.233 e. The molecule has 1 aliphatic rings. The molecule has 0 spiro atoms. The molecule has 27 heavy (non-hydrogen) atoms. The molecule has 0 atom stereocenters. The van der Waals surface area contributed by atoms with Gasteiger partial charge in [-0.15, -0.1) is 11.3 Å². The van der Waals surface area contributed by atoms with Crippen molar-refractivity contribution in [3.8, 4) is 11.5 Å². The summed E-state index contributed by atoms with van der Waals surface area (Å²) in [6.07, 6.45) is 0. The molecule has 0 bridgehead atoms. The minimum Gasteiger partial charge on any atom is -0.486 e. The van der Waals surface area contributed by atoms with E-state index in [4.69, 9.17) is 9.47 Å². The Hall–Kier alpha value is -2.25. The van der Waals surface area contributed by atoms with Crippen LogP contribution in [0.4, 0.5) is 0 Å². The van der Waals surface area contributed by atoms with Crippen LogP contribution in [-0.4, -0.2) is 41.3 Å². The topological polar surface area (TPSA) is 51.7 Å². The standard InChI is InChI=1S/C20H20N2O3S2/c1-2-22(12-14-6-5-8-16-19(14)25-11-10-24-16)18(23)13-26-20-21-15-7-3-4-9-17(15)27-20/h3-9H,2,10-13H2,1H3. The van der Waals surface area contributed by atoms with Gasteiger partial charge in [-0.05, 0) is 25.1 Å². The van der Waals surface area contributed by atoms with Crippen molar-refractivity contribution in [2.24, 2.45) is 0 Å². The second kappa shape index (κ2) is 8.19. The summed E-state index contributed by atoms with van der Waals surface area (Å²) >= 11 is 3.12.